The Morgan fingerprint density at radius 2 is 1.80 bits per heavy atom. The number of halogens is 2. The van der Waals surface area contributed by atoms with E-state index in [2.05, 4.69) is 0 Å². The smallest absolute Gasteiger partial charge is 0.140 e. The Morgan fingerprint density at radius 3 is 2.40 bits per heavy atom. The van der Waals surface area contributed by atoms with Gasteiger partial charge in [-0.05, 0) is 48.6 Å². The van der Waals surface area contributed by atoms with Crippen molar-refractivity contribution in [3.8, 4) is 0 Å². The zero-order chi connectivity index (χ0) is 10.8. The summed E-state index contributed by atoms with van der Waals surface area (Å²) in [5.41, 5.74) is 1.02. The van der Waals surface area contributed by atoms with Crippen LogP contribution >= 0.6 is 23.2 Å². The summed E-state index contributed by atoms with van der Waals surface area (Å²) in [7, 11) is 0. The van der Waals surface area contributed by atoms with Crippen molar-refractivity contribution < 1.29 is 4.55 Å². The molecule has 2 rings (SSSR count). The van der Waals surface area contributed by atoms with E-state index in [1.54, 1.807) is 6.07 Å². The van der Waals surface area contributed by atoms with E-state index < -0.39 is 11.2 Å². The zero-order valence-electron chi connectivity index (χ0n) is 8.21. The van der Waals surface area contributed by atoms with E-state index in [9.17, 15) is 4.55 Å². The quantitative estimate of drug-likeness (QED) is 0.703. The lowest BCUT2D eigenvalue weighted by Gasteiger charge is -2.26. The highest BCUT2D eigenvalue weighted by Crippen LogP contribution is 2.35. The number of benzene rings is 1. The molecule has 1 nitrogen and oxygen atoms in total. The topological polar surface area (TPSA) is 23.1 Å². The molecule has 0 spiro atoms. The maximum absolute atomic E-state index is 11.8. The van der Waals surface area contributed by atoms with Crippen LogP contribution in [0.4, 0.5) is 0 Å². The molecule has 1 aromatic rings. The van der Waals surface area contributed by atoms with Crippen molar-refractivity contribution in [1.29, 1.82) is 0 Å². The van der Waals surface area contributed by atoms with Crippen LogP contribution in [0.1, 0.15) is 30.1 Å². The fourth-order valence-corrected chi connectivity index (χ4v) is 4.11. The molecule has 0 bridgehead atoms. The summed E-state index contributed by atoms with van der Waals surface area (Å²) in [6.45, 7) is 0. The second-order valence-corrected chi connectivity index (χ2v) is 6.38. The van der Waals surface area contributed by atoms with Gasteiger partial charge in [-0.3, -0.25) is 0 Å². The molecule has 0 aliphatic carbocycles. The maximum Gasteiger partial charge on any atom is 0.140 e. The number of hydrogen-bond acceptors (Lipinski definition) is 1. The summed E-state index contributed by atoms with van der Waals surface area (Å²) in [6, 6.07) is 5.46. The van der Waals surface area contributed by atoms with Crippen molar-refractivity contribution in [2.75, 3.05) is 5.75 Å². The SMILES string of the molecule is [O-][S+]1CCCCC1c1cc(Cl)cc(Cl)c1. The summed E-state index contributed by atoms with van der Waals surface area (Å²) >= 11 is 11.1. The normalized spacial score (nSPS) is 26.6. The van der Waals surface area contributed by atoms with E-state index in [1.165, 1.54) is 0 Å². The first-order valence-electron chi connectivity index (χ1n) is 5.00. The predicted octanol–water partition coefficient (Wildman–Crippen LogP) is 3.97. The standard InChI is InChI=1S/C11H12Cl2OS/c12-9-5-8(6-10(13)7-9)11-3-1-2-4-15(11)14/h5-7,11H,1-4H2. The van der Waals surface area contributed by atoms with Crippen LogP contribution in [0.2, 0.25) is 10.0 Å². The van der Waals surface area contributed by atoms with Crippen molar-refractivity contribution in [3.63, 3.8) is 0 Å². The van der Waals surface area contributed by atoms with Crippen molar-refractivity contribution in [1.82, 2.24) is 0 Å². The van der Waals surface area contributed by atoms with Crippen LogP contribution in [0.5, 0.6) is 0 Å². The Bertz CT molecular complexity index is 336. The molecule has 1 saturated heterocycles. The van der Waals surface area contributed by atoms with Crippen molar-refractivity contribution >= 4 is 34.4 Å². The molecule has 4 heteroatoms. The summed E-state index contributed by atoms with van der Waals surface area (Å²) in [5.74, 6) is 0.800. The van der Waals surface area contributed by atoms with Crippen molar-refractivity contribution in [2.45, 2.75) is 24.5 Å². The molecule has 0 aromatic heterocycles. The lowest BCUT2D eigenvalue weighted by molar-refractivity contribution is 0.545. The van der Waals surface area contributed by atoms with Gasteiger partial charge in [0.25, 0.3) is 0 Å². The molecule has 2 unspecified atom stereocenters. The maximum atomic E-state index is 11.8. The highest BCUT2D eigenvalue weighted by atomic mass is 35.5. The highest BCUT2D eigenvalue weighted by molar-refractivity contribution is 7.91. The van der Waals surface area contributed by atoms with Crippen LogP contribution in [0.15, 0.2) is 18.2 Å². The molecule has 1 fully saturated rings. The van der Waals surface area contributed by atoms with Gasteiger partial charge < -0.3 is 4.55 Å². The first kappa shape index (κ1) is 11.6. The summed E-state index contributed by atoms with van der Waals surface area (Å²) in [4.78, 5) is 0. The molecule has 0 saturated carbocycles. The minimum absolute atomic E-state index is 0.120. The Balaban J connectivity index is 2.27. The molecule has 1 aliphatic heterocycles. The molecule has 2 atom stereocenters. The third kappa shape index (κ3) is 2.82. The summed E-state index contributed by atoms with van der Waals surface area (Å²) < 4.78 is 11.8. The average molecular weight is 263 g/mol. The van der Waals surface area contributed by atoms with E-state index in [0.717, 1.165) is 30.6 Å². The van der Waals surface area contributed by atoms with Gasteiger partial charge in [-0.1, -0.05) is 23.2 Å². The van der Waals surface area contributed by atoms with Gasteiger partial charge in [0.15, 0.2) is 0 Å². The minimum atomic E-state index is -0.763. The van der Waals surface area contributed by atoms with Gasteiger partial charge in [0.05, 0.1) is 0 Å². The van der Waals surface area contributed by atoms with Gasteiger partial charge in [0.1, 0.15) is 11.0 Å². The van der Waals surface area contributed by atoms with Crippen LogP contribution in [0.3, 0.4) is 0 Å². The van der Waals surface area contributed by atoms with Gasteiger partial charge >= 0.3 is 0 Å². The second-order valence-electron chi connectivity index (χ2n) is 3.77. The Labute approximate surface area is 103 Å². The van der Waals surface area contributed by atoms with Crippen LogP contribution < -0.4 is 0 Å². The first-order chi connectivity index (χ1) is 7.16. The largest absolute Gasteiger partial charge is 0.616 e. The molecule has 0 radical (unpaired) electrons. The summed E-state index contributed by atoms with van der Waals surface area (Å²) in [5, 5.41) is 1.37. The van der Waals surface area contributed by atoms with E-state index in [1.807, 2.05) is 12.1 Å². The van der Waals surface area contributed by atoms with Crippen LogP contribution in [0.25, 0.3) is 0 Å². The third-order valence-corrected chi connectivity index (χ3v) is 4.91. The van der Waals surface area contributed by atoms with E-state index >= 15 is 0 Å². The fourth-order valence-electron chi connectivity index (χ4n) is 1.93. The molecule has 1 aromatic carbocycles. The fraction of sp³-hybridized carbons (Fsp3) is 0.455. The molecule has 0 amide bonds. The van der Waals surface area contributed by atoms with Gasteiger partial charge in [0, 0.05) is 15.6 Å². The van der Waals surface area contributed by atoms with Crippen LogP contribution in [0, 0.1) is 0 Å². The third-order valence-electron chi connectivity index (χ3n) is 2.64. The Hall–Kier alpha value is 0.110. The van der Waals surface area contributed by atoms with Gasteiger partial charge in [0.2, 0.25) is 0 Å². The molecule has 0 N–H and O–H groups in total. The molecule has 1 aliphatic rings. The first-order valence-corrected chi connectivity index (χ1v) is 7.14. The number of rotatable bonds is 1. The van der Waals surface area contributed by atoms with Crippen molar-refractivity contribution in [3.05, 3.63) is 33.8 Å². The van der Waals surface area contributed by atoms with Gasteiger partial charge in [-0.2, -0.15) is 0 Å². The lowest BCUT2D eigenvalue weighted by atomic mass is 10.1. The molecule has 82 valence electrons. The van der Waals surface area contributed by atoms with Crippen LogP contribution in [-0.2, 0) is 11.2 Å². The lowest BCUT2D eigenvalue weighted by Crippen LogP contribution is -2.21. The van der Waals surface area contributed by atoms with E-state index in [4.69, 9.17) is 23.2 Å². The Kier molecular flexibility index (Phi) is 3.83. The molecular formula is C11H12Cl2OS. The summed E-state index contributed by atoms with van der Waals surface area (Å²) in [6.07, 6.45) is 3.18. The van der Waals surface area contributed by atoms with Gasteiger partial charge in [-0.25, -0.2) is 0 Å². The molecular weight excluding hydrogens is 251 g/mol. The Morgan fingerprint density at radius 1 is 1.13 bits per heavy atom. The van der Waals surface area contributed by atoms with Crippen molar-refractivity contribution in [2.24, 2.45) is 0 Å². The highest BCUT2D eigenvalue weighted by Gasteiger charge is 2.28. The molecule has 15 heavy (non-hydrogen) atoms. The predicted molar refractivity (Wildman–Crippen MR) is 66.1 cm³/mol. The van der Waals surface area contributed by atoms with E-state index in [-0.39, 0.29) is 5.25 Å². The molecule has 1 heterocycles. The van der Waals surface area contributed by atoms with E-state index in [0.29, 0.717) is 10.0 Å². The minimum Gasteiger partial charge on any atom is -0.616 e. The van der Waals surface area contributed by atoms with Gasteiger partial charge in [-0.15, -0.1) is 0 Å². The second kappa shape index (κ2) is 4.96. The average Bonchev–Trinajstić information content (AvgIpc) is 2.16. The zero-order valence-corrected chi connectivity index (χ0v) is 10.5. The van der Waals surface area contributed by atoms with Crippen LogP contribution in [-0.4, -0.2) is 10.3 Å². The number of hydrogen-bond donors (Lipinski definition) is 0. The monoisotopic (exact) mass is 262 g/mol.